The zero-order valence-electron chi connectivity index (χ0n) is 11.8. The van der Waals surface area contributed by atoms with Crippen LogP contribution >= 0.6 is 0 Å². The Morgan fingerprint density at radius 2 is 1.83 bits per heavy atom. The molecule has 0 atom stereocenters. The highest BCUT2D eigenvalue weighted by atomic mass is 16.5. The maximum atomic E-state index is 11.9. The maximum Gasteiger partial charge on any atom is 0.308 e. The third-order valence-electron chi connectivity index (χ3n) is 3.92. The number of carbonyl (C=O) groups excluding carboxylic acids is 2. The molecule has 4 nitrogen and oxygen atoms in total. The average Bonchev–Trinajstić information content (AvgIpc) is 2.43. The second-order valence-electron chi connectivity index (χ2n) is 5.14. The van der Waals surface area contributed by atoms with Crippen LogP contribution in [0.2, 0.25) is 0 Å². The lowest BCUT2D eigenvalue weighted by Gasteiger charge is -2.33. The zero-order chi connectivity index (χ0) is 13.5. The van der Waals surface area contributed by atoms with Crippen molar-refractivity contribution in [1.82, 2.24) is 4.90 Å². The molecule has 0 radical (unpaired) electrons. The average molecular weight is 255 g/mol. The van der Waals surface area contributed by atoms with Gasteiger partial charge in [-0.2, -0.15) is 0 Å². The minimum absolute atomic E-state index is 0.0328. The predicted molar refractivity (Wildman–Crippen MR) is 70.1 cm³/mol. The molecule has 18 heavy (non-hydrogen) atoms. The Hall–Kier alpha value is -1.06. The fourth-order valence-electron chi connectivity index (χ4n) is 2.57. The van der Waals surface area contributed by atoms with Gasteiger partial charge in [-0.05, 0) is 32.1 Å². The van der Waals surface area contributed by atoms with Crippen LogP contribution in [0.4, 0.5) is 0 Å². The monoisotopic (exact) mass is 255 g/mol. The van der Waals surface area contributed by atoms with Crippen LogP contribution in [0, 0.1) is 5.92 Å². The SMILES string of the molecule is CCCCC(=O)N(C)C1CCC(C(=O)OC)CC1. The second-order valence-corrected chi connectivity index (χ2v) is 5.14. The van der Waals surface area contributed by atoms with Gasteiger partial charge >= 0.3 is 5.97 Å². The summed E-state index contributed by atoms with van der Waals surface area (Å²) in [5, 5.41) is 0. The molecular formula is C14H25NO3. The number of carbonyl (C=O) groups is 2. The minimum atomic E-state index is -0.103. The van der Waals surface area contributed by atoms with Crippen molar-refractivity contribution in [1.29, 1.82) is 0 Å². The number of ether oxygens (including phenoxy) is 1. The third kappa shape index (κ3) is 4.00. The molecule has 0 aromatic heterocycles. The first-order chi connectivity index (χ1) is 8.60. The van der Waals surface area contributed by atoms with E-state index in [9.17, 15) is 9.59 Å². The lowest BCUT2D eigenvalue weighted by molar-refractivity contribution is -0.147. The molecule has 0 aliphatic heterocycles. The summed E-state index contributed by atoms with van der Waals surface area (Å²) in [5.74, 6) is 0.164. The van der Waals surface area contributed by atoms with Gasteiger partial charge in [0.1, 0.15) is 0 Å². The predicted octanol–water partition coefficient (Wildman–Crippen LogP) is 2.37. The van der Waals surface area contributed by atoms with Gasteiger partial charge < -0.3 is 9.64 Å². The van der Waals surface area contributed by atoms with Crippen LogP contribution < -0.4 is 0 Å². The fraction of sp³-hybridized carbons (Fsp3) is 0.857. The number of hydrogen-bond acceptors (Lipinski definition) is 3. The minimum Gasteiger partial charge on any atom is -0.469 e. The Labute approximate surface area is 110 Å². The highest BCUT2D eigenvalue weighted by molar-refractivity contribution is 5.76. The van der Waals surface area contributed by atoms with E-state index < -0.39 is 0 Å². The van der Waals surface area contributed by atoms with Crippen molar-refractivity contribution in [2.75, 3.05) is 14.2 Å². The van der Waals surface area contributed by atoms with Crippen molar-refractivity contribution in [3.05, 3.63) is 0 Å². The first-order valence-electron chi connectivity index (χ1n) is 6.93. The molecule has 104 valence electrons. The topological polar surface area (TPSA) is 46.6 Å². The van der Waals surface area contributed by atoms with E-state index in [2.05, 4.69) is 6.92 Å². The van der Waals surface area contributed by atoms with Gasteiger partial charge in [-0.15, -0.1) is 0 Å². The van der Waals surface area contributed by atoms with E-state index in [4.69, 9.17) is 4.74 Å². The van der Waals surface area contributed by atoms with E-state index in [0.29, 0.717) is 12.5 Å². The van der Waals surface area contributed by atoms with E-state index in [0.717, 1.165) is 38.5 Å². The van der Waals surface area contributed by atoms with Crippen molar-refractivity contribution in [2.24, 2.45) is 5.92 Å². The molecule has 1 aliphatic carbocycles. The quantitative estimate of drug-likeness (QED) is 0.708. The Morgan fingerprint density at radius 1 is 1.22 bits per heavy atom. The number of rotatable bonds is 5. The molecule has 0 bridgehead atoms. The number of hydrogen-bond donors (Lipinski definition) is 0. The second kappa shape index (κ2) is 7.39. The van der Waals surface area contributed by atoms with Crippen molar-refractivity contribution in [2.45, 2.75) is 57.9 Å². The molecule has 1 saturated carbocycles. The molecule has 4 heteroatoms. The van der Waals surface area contributed by atoms with Crippen molar-refractivity contribution < 1.29 is 14.3 Å². The molecule has 0 N–H and O–H groups in total. The smallest absolute Gasteiger partial charge is 0.308 e. The van der Waals surface area contributed by atoms with E-state index in [1.807, 2.05) is 11.9 Å². The zero-order valence-corrected chi connectivity index (χ0v) is 11.8. The van der Waals surface area contributed by atoms with Gasteiger partial charge in [-0.1, -0.05) is 13.3 Å². The lowest BCUT2D eigenvalue weighted by Crippen LogP contribution is -2.40. The number of methoxy groups -OCH3 is 1. The Morgan fingerprint density at radius 3 is 2.33 bits per heavy atom. The summed E-state index contributed by atoms with van der Waals surface area (Å²) in [6.07, 6.45) is 6.15. The van der Waals surface area contributed by atoms with Gasteiger partial charge in [-0.3, -0.25) is 9.59 Å². The first-order valence-corrected chi connectivity index (χ1v) is 6.93. The highest BCUT2D eigenvalue weighted by Gasteiger charge is 2.30. The molecule has 1 aliphatic rings. The molecule has 1 fully saturated rings. The molecule has 0 unspecified atom stereocenters. The van der Waals surface area contributed by atoms with E-state index >= 15 is 0 Å². The molecule has 0 heterocycles. The van der Waals surface area contributed by atoms with Gasteiger partial charge in [0, 0.05) is 19.5 Å². The molecular weight excluding hydrogens is 230 g/mol. The van der Waals surface area contributed by atoms with Gasteiger partial charge in [0.05, 0.1) is 13.0 Å². The summed E-state index contributed by atoms with van der Waals surface area (Å²) < 4.78 is 4.77. The largest absolute Gasteiger partial charge is 0.469 e. The van der Waals surface area contributed by atoms with Crippen LogP contribution in [-0.2, 0) is 14.3 Å². The lowest BCUT2D eigenvalue weighted by atomic mass is 9.85. The summed E-state index contributed by atoms with van der Waals surface area (Å²) in [6, 6.07) is 0.301. The Balaban J connectivity index is 2.37. The normalized spacial score (nSPS) is 23.5. The van der Waals surface area contributed by atoms with Crippen LogP contribution in [0.1, 0.15) is 51.9 Å². The standard InChI is InChI=1S/C14H25NO3/c1-4-5-6-13(16)15(2)12-9-7-11(8-10-12)14(17)18-3/h11-12H,4-10H2,1-3H3. The summed E-state index contributed by atoms with van der Waals surface area (Å²) in [7, 11) is 3.33. The van der Waals surface area contributed by atoms with Gasteiger partial charge in [0.15, 0.2) is 0 Å². The Kier molecular flexibility index (Phi) is 6.16. The summed E-state index contributed by atoms with van der Waals surface area (Å²) >= 11 is 0. The molecule has 0 aromatic rings. The van der Waals surface area contributed by atoms with Crippen LogP contribution in [0.25, 0.3) is 0 Å². The van der Waals surface area contributed by atoms with Gasteiger partial charge in [0.25, 0.3) is 0 Å². The molecule has 0 spiro atoms. The van der Waals surface area contributed by atoms with Crippen molar-refractivity contribution >= 4 is 11.9 Å². The number of esters is 1. The number of nitrogens with zero attached hydrogens (tertiary/aromatic N) is 1. The van der Waals surface area contributed by atoms with Crippen molar-refractivity contribution in [3.8, 4) is 0 Å². The number of unbranched alkanes of at least 4 members (excludes halogenated alkanes) is 1. The van der Waals surface area contributed by atoms with Crippen molar-refractivity contribution in [3.63, 3.8) is 0 Å². The van der Waals surface area contributed by atoms with Crippen LogP contribution in [0.5, 0.6) is 0 Å². The molecule has 0 saturated heterocycles. The summed E-state index contributed by atoms with van der Waals surface area (Å²) in [4.78, 5) is 25.2. The number of amides is 1. The van der Waals surface area contributed by atoms with Gasteiger partial charge in [0.2, 0.25) is 5.91 Å². The molecule has 1 amide bonds. The molecule has 0 aromatic carbocycles. The van der Waals surface area contributed by atoms with Crippen LogP contribution in [0.15, 0.2) is 0 Å². The molecule has 1 rings (SSSR count). The summed E-state index contributed by atoms with van der Waals surface area (Å²) in [5.41, 5.74) is 0. The summed E-state index contributed by atoms with van der Waals surface area (Å²) in [6.45, 7) is 2.09. The van der Waals surface area contributed by atoms with Crippen LogP contribution in [-0.4, -0.2) is 37.0 Å². The van der Waals surface area contributed by atoms with E-state index in [1.165, 1.54) is 7.11 Å². The van der Waals surface area contributed by atoms with E-state index in [1.54, 1.807) is 0 Å². The first kappa shape index (κ1) is 15.0. The fourth-order valence-corrected chi connectivity index (χ4v) is 2.57. The van der Waals surface area contributed by atoms with E-state index in [-0.39, 0.29) is 17.8 Å². The third-order valence-corrected chi connectivity index (χ3v) is 3.92. The van der Waals surface area contributed by atoms with Gasteiger partial charge in [-0.25, -0.2) is 0 Å². The van der Waals surface area contributed by atoms with Crippen LogP contribution in [0.3, 0.4) is 0 Å². The highest BCUT2D eigenvalue weighted by Crippen LogP contribution is 2.28. The Bertz CT molecular complexity index is 283. The maximum absolute atomic E-state index is 11.9.